The van der Waals surface area contributed by atoms with E-state index >= 15 is 0 Å². The summed E-state index contributed by atoms with van der Waals surface area (Å²) < 4.78 is 2.61. The third kappa shape index (κ3) is 5.63. The van der Waals surface area contributed by atoms with E-state index in [1.165, 1.54) is 103 Å². The summed E-state index contributed by atoms with van der Waals surface area (Å²) in [6, 6.07) is 82.2. The predicted octanol–water partition coefficient (Wildman–Crippen LogP) is 17.7. The Kier molecular flexibility index (Phi) is 8.32. The lowest BCUT2D eigenvalue weighted by molar-refractivity contribution is 0.590. The first-order chi connectivity index (χ1) is 31.9. The van der Waals surface area contributed by atoms with Crippen molar-refractivity contribution in [3.8, 4) is 44.5 Å². The lowest BCUT2D eigenvalue weighted by atomic mass is 9.70. The first-order valence-electron chi connectivity index (χ1n) is 22.7. The lowest BCUT2D eigenvalue weighted by Gasteiger charge is -2.32. The fraction of sp³-hybridized carbons (Fsp3) is 0.0794. The van der Waals surface area contributed by atoms with E-state index in [1.54, 1.807) is 0 Å². The van der Waals surface area contributed by atoms with Gasteiger partial charge in [0.2, 0.25) is 0 Å². The minimum absolute atomic E-state index is 0.0997. The zero-order valence-electron chi connectivity index (χ0n) is 36.6. The van der Waals surface area contributed by atoms with Gasteiger partial charge in [0.05, 0.1) is 11.1 Å². The molecule has 0 saturated heterocycles. The predicted molar refractivity (Wildman–Crippen MR) is 277 cm³/mol. The molecule has 11 aromatic rings. The van der Waals surface area contributed by atoms with E-state index in [0.29, 0.717) is 0 Å². The number of benzene rings is 10. The number of hydrogen-bond donors (Lipinski definition) is 0. The number of anilines is 3. The van der Waals surface area contributed by atoms with Crippen LogP contribution in [0.5, 0.6) is 0 Å². The van der Waals surface area contributed by atoms with E-state index in [2.05, 4.69) is 244 Å². The molecule has 1 nitrogen and oxygen atoms in total. The first-order valence-corrected chi connectivity index (χ1v) is 23.6. The number of hydrogen-bond acceptors (Lipinski definition) is 2. The Morgan fingerprint density at radius 1 is 0.385 bits per heavy atom. The molecule has 0 saturated carbocycles. The number of nitrogens with zero attached hydrogens (tertiary/aromatic N) is 1. The molecule has 2 aliphatic rings. The second-order valence-corrected chi connectivity index (χ2v) is 19.9. The molecule has 0 unspecified atom stereocenters. The van der Waals surface area contributed by atoms with E-state index < -0.39 is 5.41 Å². The van der Waals surface area contributed by atoms with E-state index in [1.807, 2.05) is 11.3 Å². The van der Waals surface area contributed by atoms with Crippen molar-refractivity contribution in [2.75, 3.05) is 4.90 Å². The van der Waals surface area contributed by atoms with Gasteiger partial charge in [-0.15, -0.1) is 11.3 Å². The van der Waals surface area contributed by atoms with Crippen molar-refractivity contribution in [2.45, 2.75) is 31.6 Å². The highest BCUT2D eigenvalue weighted by Crippen LogP contribution is 2.63. The van der Waals surface area contributed by atoms with Crippen molar-refractivity contribution in [1.82, 2.24) is 0 Å². The van der Waals surface area contributed by atoms with Crippen LogP contribution in [0.1, 0.15) is 48.6 Å². The van der Waals surface area contributed by atoms with E-state index in [4.69, 9.17) is 0 Å². The molecule has 0 N–H and O–H groups in total. The van der Waals surface area contributed by atoms with Crippen molar-refractivity contribution >= 4 is 59.3 Å². The molecule has 308 valence electrons. The standard InChI is InChI=1S/C63H45NS/c1-62(2,3)44-30-24-40(25-31-44)41-26-32-45(33-27-41)64(58-37-29-42-14-4-5-15-47(42)61(58)43-28-35-52-51-19-9-13-23-59(51)65-60(52)38-43)46-34-36-57-53(39-46)50-18-8-12-22-56(50)63(57)54-20-10-6-16-48(54)49-17-7-11-21-55(49)63/h4-39H,1-3H3. The summed E-state index contributed by atoms with van der Waals surface area (Å²) in [5.74, 6) is 0. The molecule has 2 heteroatoms. The van der Waals surface area contributed by atoms with Crippen molar-refractivity contribution in [3.63, 3.8) is 0 Å². The number of fused-ring (bicyclic) bond motifs is 14. The molecule has 2 aliphatic carbocycles. The molecular weight excluding hydrogens is 803 g/mol. The smallest absolute Gasteiger partial charge is 0.0725 e. The Hall–Kier alpha value is -7.52. The molecule has 0 fully saturated rings. The Morgan fingerprint density at radius 2 is 0.908 bits per heavy atom. The van der Waals surface area contributed by atoms with Crippen molar-refractivity contribution in [1.29, 1.82) is 0 Å². The molecule has 1 heterocycles. The highest BCUT2D eigenvalue weighted by Gasteiger charge is 2.51. The molecule has 0 radical (unpaired) electrons. The van der Waals surface area contributed by atoms with Crippen LogP contribution in [0.15, 0.2) is 218 Å². The van der Waals surface area contributed by atoms with Gasteiger partial charge in [-0.05, 0) is 125 Å². The maximum Gasteiger partial charge on any atom is 0.0725 e. The average Bonchev–Trinajstić information content (AvgIpc) is 3.98. The van der Waals surface area contributed by atoms with Gasteiger partial charge in [-0.25, -0.2) is 0 Å². The second kappa shape index (κ2) is 14.2. The van der Waals surface area contributed by atoms with Gasteiger partial charge in [0.15, 0.2) is 0 Å². The Bertz CT molecular complexity index is 3650. The van der Waals surface area contributed by atoms with Gasteiger partial charge in [-0.1, -0.05) is 197 Å². The second-order valence-electron chi connectivity index (χ2n) is 18.8. The van der Waals surface area contributed by atoms with Crippen LogP contribution in [-0.4, -0.2) is 0 Å². The van der Waals surface area contributed by atoms with Gasteiger partial charge >= 0.3 is 0 Å². The number of thiophene rings is 1. The lowest BCUT2D eigenvalue weighted by Crippen LogP contribution is -2.25. The summed E-state index contributed by atoms with van der Waals surface area (Å²) in [5.41, 5.74) is 19.9. The van der Waals surface area contributed by atoms with Crippen LogP contribution in [0.4, 0.5) is 17.1 Å². The molecular formula is C63H45NS. The van der Waals surface area contributed by atoms with Crippen LogP contribution in [0.25, 0.3) is 75.5 Å². The largest absolute Gasteiger partial charge is 0.310 e. The molecule has 1 spiro atoms. The normalized spacial score (nSPS) is 13.3. The van der Waals surface area contributed by atoms with Gasteiger partial charge in [-0.3, -0.25) is 0 Å². The molecule has 0 bridgehead atoms. The third-order valence-corrected chi connectivity index (χ3v) is 15.4. The molecule has 65 heavy (non-hydrogen) atoms. The topological polar surface area (TPSA) is 3.24 Å². The van der Waals surface area contributed by atoms with Gasteiger partial charge < -0.3 is 4.90 Å². The highest BCUT2D eigenvalue weighted by molar-refractivity contribution is 7.25. The van der Waals surface area contributed by atoms with Crippen LogP contribution in [0.3, 0.4) is 0 Å². The zero-order chi connectivity index (χ0) is 43.4. The monoisotopic (exact) mass is 847 g/mol. The average molecular weight is 848 g/mol. The minimum Gasteiger partial charge on any atom is -0.310 e. The molecule has 0 amide bonds. The molecule has 1 aromatic heterocycles. The molecule has 0 atom stereocenters. The summed E-state index contributed by atoms with van der Waals surface area (Å²) in [5, 5.41) is 5.08. The molecule has 0 aliphatic heterocycles. The van der Waals surface area contributed by atoms with Gasteiger partial charge in [0, 0.05) is 37.1 Å². The van der Waals surface area contributed by atoms with Crippen LogP contribution in [-0.2, 0) is 10.8 Å². The van der Waals surface area contributed by atoms with Crippen LogP contribution in [0.2, 0.25) is 0 Å². The van der Waals surface area contributed by atoms with Crippen LogP contribution >= 0.6 is 11.3 Å². The van der Waals surface area contributed by atoms with E-state index in [9.17, 15) is 0 Å². The van der Waals surface area contributed by atoms with Crippen molar-refractivity contribution < 1.29 is 0 Å². The Balaban J connectivity index is 1.05. The van der Waals surface area contributed by atoms with Gasteiger partial charge in [0.25, 0.3) is 0 Å². The quantitative estimate of drug-likeness (QED) is 0.167. The summed E-state index contributed by atoms with van der Waals surface area (Å²) in [6.45, 7) is 6.82. The fourth-order valence-corrected chi connectivity index (χ4v) is 12.4. The zero-order valence-corrected chi connectivity index (χ0v) is 37.5. The van der Waals surface area contributed by atoms with E-state index in [0.717, 1.165) is 17.1 Å². The number of rotatable bonds is 5. The molecule has 13 rings (SSSR count). The Labute approximate surface area is 384 Å². The summed E-state index contributed by atoms with van der Waals surface area (Å²) in [6.07, 6.45) is 0. The minimum atomic E-state index is -0.402. The SMILES string of the molecule is CC(C)(C)c1ccc(-c2ccc(N(c3ccc4c(c3)-c3ccccc3C43c4ccccc4-c4ccccc43)c3ccc4ccccc4c3-c3ccc4c(c3)sc3ccccc34)cc2)cc1. The maximum absolute atomic E-state index is 2.51. The Morgan fingerprint density at radius 3 is 1.58 bits per heavy atom. The third-order valence-electron chi connectivity index (χ3n) is 14.3. The van der Waals surface area contributed by atoms with Crippen molar-refractivity contribution in [3.05, 3.63) is 246 Å². The fourth-order valence-electron chi connectivity index (χ4n) is 11.3. The van der Waals surface area contributed by atoms with Crippen molar-refractivity contribution in [2.24, 2.45) is 0 Å². The van der Waals surface area contributed by atoms with Gasteiger partial charge in [-0.2, -0.15) is 0 Å². The first kappa shape index (κ1) is 38.0. The summed E-state index contributed by atoms with van der Waals surface area (Å²) >= 11 is 1.88. The van der Waals surface area contributed by atoms with E-state index in [-0.39, 0.29) is 5.41 Å². The van der Waals surface area contributed by atoms with Crippen LogP contribution < -0.4 is 4.90 Å². The maximum atomic E-state index is 2.51. The highest BCUT2D eigenvalue weighted by atomic mass is 32.1. The summed E-state index contributed by atoms with van der Waals surface area (Å²) in [4.78, 5) is 2.51. The summed E-state index contributed by atoms with van der Waals surface area (Å²) in [7, 11) is 0. The van der Waals surface area contributed by atoms with Gasteiger partial charge in [0.1, 0.15) is 0 Å². The molecule has 10 aromatic carbocycles. The van der Waals surface area contributed by atoms with Crippen LogP contribution in [0, 0.1) is 0 Å².